The van der Waals surface area contributed by atoms with Crippen molar-refractivity contribution in [3.8, 4) is 17.2 Å². The number of carbonyl (C=O) groups is 1. The van der Waals surface area contributed by atoms with Gasteiger partial charge in [0.2, 0.25) is 0 Å². The lowest BCUT2D eigenvalue weighted by molar-refractivity contribution is -0.141. The molecule has 0 aliphatic rings. The van der Waals surface area contributed by atoms with Crippen LogP contribution in [0, 0.1) is 0 Å². The van der Waals surface area contributed by atoms with Crippen molar-refractivity contribution in [3.63, 3.8) is 0 Å². The predicted octanol–water partition coefficient (Wildman–Crippen LogP) is 2.65. The Hall–Kier alpha value is -2.69. The van der Waals surface area contributed by atoms with Crippen molar-refractivity contribution in [2.75, 3.05) is 12.8 Å². The minimum absolute atomic E-state index is 0.434. The lowest BCUT2D eigenvalue weighted by atomic mass is 10.3. The number of hydrogen-bond donors (Lipinski definition) is 1. The fourth-order valence-corrected chi connectivity index (χ4v) is 1.68. The standard InChI is InChI=1S/C16H17NO4/c1-11(20-15-5-3-4-12(17)10-15)16(18)21-14-8-6-13(19-2)7-9-14/h3-11H,17H2,1-2H3/t11-/m1/s1. The SMILES string of the molecule is COc1ccc(OC(=O)[C@@H](C)Oc2cccc(N)c2)cc1. The summed E-state index contributed by atoms with van der Waals surface area (Å²) in [6.07, 6.45) is -0.742. The maximum absolute atomic E-state index is 11.9. The van der Waals surface area contributed by atoms with Gasteiger partial charge in [-0.3, -0.25) is 0 Å². The molecular weight excluding hydrogens is 270 g/mol. The van der Waals surface area contributed by atoms with E-state index in [1.165, 1.54) is 0 Å². The molecule has 0 aliphatic heterocycles. The molecule has 0 fully saturated rings. The molecule has 110 valence electrons. The van der Waals surface area contributed by atoms with Crippen LogP contribution in [0.5, 0.6) is 17.2 Å². The highest BCUT2D eigenvalue weighted by molar-refractivity contribution is 5.77. The summed E-state index contributed by atoms with van der Waals surface area (Å²) >= 11 is 0. The van der Waals surface area contributed by atoms with Crippen LogP contribution in [0.3, 0.4) is 0 Å². The number of benzene rings is 2. The minimum Gasteiger partial charge on any atom is -0.497 e. The molecule has 0 saturated carbocycles. The minimum atomic E-state index is -0.742. The van der Waals surface area contributed by atoms with Crippen molar-refractivity contribution in [2.24, 2.45) is 0 Å². The highest BCUT2D eigenvalue weighted by atomic mass is 16.6. The third-order valence-corrected chi connectivity index (χ3v) is 2.78. The molecule has 21 heavy (non-hydrogen) atoms. The molecule has 5 nitrogen and oxygen atoms in total. The number of nitrogen functional groups attached to an aromatic ring is 1. The molecule has 0 saturated heterocycles. The molecule has 0 radical (unpaired) electrons. The third kappa shape index (κ3) is 4.14. The first-order valence-electron chi connectivity index (χ1n) is 6.46. The van der Waals surface area contributed by atoms with Gasteiger partial charge in [0.05, 0.1) is 7.11 Å². The van der Waals surface area contributed by atoms with Crippen molar-refractivity contribution in [1.82, 2.24) is 0 Å². The van der Waals surface area contributed by atoms with Crippen molar-refractivity contribution < 1.29 is 19.0 Å². The van der Waals surface area contributed by atoms with E-state index in [0.717, 1.165) is 0 Å². The van der Waals surface area contributed by atoms with Crippen LogP contribution in [-0.4, -0.2) is 19.2 Å². The van der Waals surface area contributed by atoms with Gasteiger partial charge in [-0.1, -0.05) is 6.07 Å². The van der Waals surface area contributed by atoms with Gasteiger partial charge < -0.3 is 19.9 Å². The molecule has 0 bridgehead atoms. The Balaban J connectivity index is 1.95. The Morgan fingerprint density at radius 1 is 1.05 bits per heavy atom. The molecule has 0 heterocycles. The molecule has 0 amide bonds. The molecule has 0 spiro atoms. The number of ether oxygens (including phenoxy) is 3. The van der Waals surface area contributed by atoms with E-state index in [9.17, 15) is 4.79 Å². The van der Waals surface area contributed by atoms with E-state index < -0.39 is 12.1 Å². The summed E-state index contributed by atoms with van der Waals surface area (Å²) in [6, 6.07) is 13.6. The van der Waals surface area contributed by atoms with Gasteiger partial charge in [-0.05, 0) is 43.3 Å². The maximum Gasteiger partial charge on any atom is 0.352 e. The van der Waals surface area contributed by atoms with E-state index in [1.54, 1.807) is 62.6 Å². The number of rotatable bonds is 5. The largest absolute Gasteiger partial charge is 0.497 e. The maximum atomic E-state index is 11.9. The lowest BCUT2D eigenvalue weighted by Gasteiger charge is -2.14. The molecule has 2 rings (SSSR count). The molecule has 0 unspecified atom stereocenters. The molecule has 0 aromatic heterocycles. The number of hydrogen-bond acceptors (Lipinski definition) is 5. The van der Waals surface area contributed by atoms with Crippen LogP contribution < -0.4 is 19.9 Å². The number of esters is 1. The normalized spacial score (nSPS) is 11.5. The van der Waals surface area contributed by atoms with E-state index >= 15 is 0 Å². The summed E-state index contributed by atoms with van der Waals surface area (Å²) in [7, 11) is 1.57. The van der Waals surface area contributed by atoms with Crippen molar-refractivity contribution >= 4 is 11.7 Å². The Bertz CT molecular complexity index is 610. The van der Waals surface area contributed by atoms with Gasteiger partial charge in [-0.2, -0.15) is 0 Å². The molecule has 5 heteroatoms. The van der Waals surface area contributed by atoms with E-state index in [4.69, 9.17) is 19.9 Å². The first kappa shape index (κ1) is 14.7. The van der Waals surface area contributed by atoms with Crippen LogP contribution in [0.2, 0.25) is 0 Å². The lowest BCUT2D eigenvalue weighted by Crippen LogP contribution is -2.28. The highest BCUT2D eigenvalue weighted by Crippen LogP contribution is 2.19. The molecule has 0 aliphatic carbocycles. The van der Waals surface area contributed by atoms with E-state index in [1.807, 2.05) is 0 Å². The molecule has 2 N–H and O–H groups in total. The summed E-state index contributed by atoms with van der Waals surface area (Å²) in [4.78, 5) is 11.9. The second-order valence-electron chi connectivity index (χ2n) is 4.43. The Morgan fingerprint density at radius 2 is 1.71 bits per heavy atom. The van der Waals surface area contributed by atoms with Gasteiger partial charge in [0.15, 0.2) is 6.10 Å². The van der Waals surface area contributed by atoms with Crippen LogP contribution >= 0.6 is 0 Å². The van der Waals surface area contributed by atoms with Crippen LogP contribution in [0.1, 0.15) is 6.92 Å². The molecular formula is C16H17NO4. The number of carbonyl (C=O) groups excluding carboxylic acids is 1. The van der Waals surface area contributed by atoms with Gasteiger partial charge in [-0.25, -0.2) is 4.79 Å². The second kappa shape index (κ2) is 6.65. The molecule has 2 aromatic rings. The quantitative estimate of drug-likeness (QED) is 0.520. The molecule has 1 atom stereocenters. The van der Waals surface area contributed by atoms with Gasteiger partial charge in [0.25, 0.3) is 0 Å². The van der Waals surface area contributed by atoms with Gasteiger partial charge in [-0.15, -0.1) is 0 Å². The van der Waals surface area contributed by atoms with Crippen LogP contribution in [0.4, 0.5) is 5.69 Å². The zero-order chi connectivity index (χ0) is 15.2. The second-order valence-corrected chi connectivity index (χ2v) is 4.43. The fraction of sp³-hybridized carbons (Fsp3) is 0.188. The number of nitrogens with two attached hydrogens (primary N) is 1. The first-order chi connectivity index (χ1) is 10.1. The summed E-state index contributed by atoms with van der Waals surface area (Å²) in [6.45, 7) is 1.62. The third-order valence-electron chi connectivity index (χ3n) is 2.78. The number of methoxy groups -OCH3 is 1. The summed E-state index contributed by atoms with van der Waals surface area (Å²) in [5.41, 5.74) is 6.23. The fourth-order valence-electron chi connectivity index (χ4n) is 1.68. The monoisotopic (exact) mass is 287 g/mol. The van der Waals surface area contributed by atoms with E-state index in [2.05, 4.69) is 0 Å². The zero-order valence-corrected chi connectivity index (χ0v) is 11.9. The summed E-state index contributed by atoms with van der Waals surface area (Å²) in [5, 5.41) is 0. The van der Waals surface area contributed by atoms with Crippen molar-refractivity contribution in [1.29, 1.82) is 0 Å². The van der Waals surface area contributed by atoms with Gasteiger partial charge >= 0.3 is 5.97 Å². The average molecular weight is 287 g/mol. The van der Waals surface area contributed by atoms with E-state index in [-0.39, 0.29) is 0 Å². The Kier molecular flexibility index (Phi) is 4.66. The van der Waals surface area contributed by atoms with Crippen LogP contribution in [-0.2, 0) is 4.79 Å². The highest BCUT2D eigenvalue weighted by Gasteiger charge is 2.17. The topological polar surface area (TPSA) is 70.8 Å². The van der Waals surface area contributed by atoms with Crippen LogP contribution in [0.15, 0.2) is 48.5 Å². The predicted molar refractivity (Wildman–Crippen MR) is 79.6 cm³/mol. The van der Waals surface area contributed by atoms with Gasteiger partial charge in [0, 0.05) is 11.8 Å². The number of anilines is 1. The smallest absolute Gasteiger partial charge is 0.352 e. The van der Waals surface area contributed by atoms with Crippen molar-refractivity contribution in [2.45, 2.75) is 13.0 Å². The zero-order valence-electron chi connectivity index (χ0n) is 11.9. The molecule has 2 aromatic carbocycles. The van der Waals surface area contributed by atoms with Gasteiger partial charge in [0.1, 0.15) is 17.2 Å². The summed E-state index contributed by atoms with van der Waals surface area (Å²) in [5.74, 6) is 1.17. The van der Waals surface area contributed by atoms with Crippen LogP contribution in [0.25, 0.3) is 0 Å². The van der Waals surface area contributed by atoms with Crippen molar-refractivity contribution in [3.05, 3.63) is 48.5 Å². The average Bonchev–Trinajstić information content (AvgIpc) is 2.48. The first-order valence-corrected chi connectivity index (χ1v) is 6.46. The van der Waals surface area contributed by atoms with E-state index in [0.29, 0.717) is 22.9 Å². The summed E-state index contributed by atoms with van der Waals surface area (Å²) < 4.78 is 15.8. The Labute approximate surface area is 123 Å². The Morgan fingerprint density at radius 3 is 2.33 bits per heavy atom.